The SMILES string of the molecule is CCCNC(Cc1cccnc1N)C(C)(C)C. The number of nitrogen functional groups attached to an aromatic ring is 1. The molecule has 0 aliphatic heterocycles. The molecule has 0 amide bonds. The third kappa shape index (κ3) is 4.35. The lowest BCUT2D eigenvalue weighted by atomic mass is 9.83. The van der Waals surface area contributed by atoms with E-state index in [4.69, 9.17) is 5.73 Å². The molecular formula is C14H25N3. The number of nitrogens with zero attached hydrogens (tertiary/aromatic N) is 1. The largest absolute Gasteiger partial charge is 0.383 e. The van der Waals surface area contributed by atoms with Gasteiger partial charge in [0, 0.05) is 12.2 Å². The summed E-state index contributed by atoms with van der Waals surface area (Å²) in [6.07, 6.45) is 3.82. The first-order valence-electron chi connectivity index (χ1n) is 6.38. The van der Waals surface area contributed by atoms with Crippen LogP contribution in [-0.4, -0.2) is 17.6 Å². The lowest BCUT2D eigenvalue weighted by Gasteiger charge is -2.32. The van der Waals surface area contributed by atoms with Crippen LogP contribution in [0.5, 0.6) is 0 Å². The van der Waals surface area contributed by atoms with Crippen LogP contribution < -0.4 is 11.1 Å². The normalized spacial score (nSPS) is 13.6. The van der Waals surface area contributed by atoms with Gasteiger partial charge in [-0.3, -0.25) is 0 Å². The van der Waals surface area contributed by atoms with E-state index in [0.717, 1.165) is 24.9 Å². The van der Waals surface area contributed by atoms with Crippen molar-refractivity contribution in [3.8, 4) is 0 Å². The van der Waals surface area contributed by atoms with Gasteiger partial charge in [-0.2, -0.15) is 0 Å². The number of nitrogens with two attached hydrogens (primary N) is 1. The molecule has 3 heteroatoms. The standard InChI is InChI=1S/C14H25N3/c1-5-8-16-12(14(2,3)4)10-11-7-6-9-17-13(11)15/h6-7,9,12,16H,5,8,10H2,1-4H3,(H2,15,17). The second-order valence-corrected chi connectivity index (χ2v) is 5.62. The van der Waals surface area contributed by atoms with Gasteiger partial charge >= 0.3 is 0 Å². The number of hydrogen-bond acceptors (Lipinski definition) is 3. The van der Waals surface area contributed by atoms with Crippen molar-refractivity contribution in [1.82, 2.24) is 10.3 Å². The van der Waals surface area contributed by atoms with Crippen molar-refractivity contribution in [1.29, 1.82) is 0 Å². The quantitative estimate of drug-likeness (QED) is 0.825. The monoisotopic (exact) mass is 235 g/mol. The predicted molar refractivity (Wildman–Crippen MR) is 73.9 cm³/mol. The Bertz CT molecular complexity index is 342. The lowest BCUT2D eigenvalue weighted by Crippen LogP contribution is -2.42. The van der Waals surface area contributed by atoms with Gasteiger partial charge < -0.3 is 11.1 Å². The molecule has 0 fully saturated rings. The highest BCUT2D eigenvalue weighted by atomic mass is 14.9. The van der Waals surface area contributed by atoms with E-state index in [1.165, 1.54) is 0 Å². The van der Waals surface area contributed by atoms with Gasteiger partial charge in [0.2, 0.25) is 0 Å². The van der Waals surface area contributed by atoms with Gasteiger partial charge in [-0.1, -0.05) is 33.8 Å². The average Bonchev–Trinajstić information content (AvgIpc) is 2.25. The van der Waals surface area contributed by atoms with Crippen molar-refractivity contribution in [2.24, 2.45) is 5.41 Å². The molecule has 0 aliphatic carbocycles. The van der Waals surface area contributed by atoms with Crippen LogP contribution in [0.4, 0.5) is 5.82 Å². The molecule has 0 aliphatic rings. The van der Waals surface area contributed by atoms with E-state index in [9.17, 15) is 0 Å². The Labute approximate surface area is 105 Å². The first-order chi connectivity index (χ1) is 7.95. The second kappa shape index (κ2) is 6.01. The number of rotatable bonds is 5. The van der Waals surface area contributed by atoms with Gasteiger partial charge in [-0.05, 0) is 36.4 Å². The molecule has 1 unspecified atom stereocenters. The molecule has 96 valence electrons. The molecule has 0 saturated carbocycles. The van der Waals surface area contributed by atoms with Crippen LogP contribution >= 0.6 is 0 Å². The maximum atomic E-state index is 5.90. The molecule has 1 rings (SSSR count). The highest BCUT2D eigenvalue weighted by Crippen LogP contribution is 2.24. The van der Waals surface area contributed by atoms with Gasteiger partial charge in [0.05, 0.1) is 0 Å². The van der Waals surface area contributed by atoms with E-state index in [1.807, 2.05) is 6.07 Å². The average molecular weight is 235 g/mol. The Balaban J connectivity index is 2.76. The van der Waals surface area contributed by atoms with Gasteiger partial charge in [0.25, 0.3) is 0 Å². The van der Waals surface area contributed by atoms with Crippen LogP contribution in [0, 0.1) is 5.41 Å². The predicted octanol–water partition coefficient (Wildman–Crippen LogP) is 2.62. The van der Waals surface area contributed by atoms with E-state index in [-0.39, 0.29) is 5.41 Å². The molecule has 1 aromatic heterocycles. The van der Waals surface area contributed by atoms with Crippen LogP contribution in [0.25, 0.3) is 0 Å². The smallest absolute Gasteiger partial charge is 0.126 e. The Morgan fingerprint density at radius 2 is 2.12 bits per heavy atom. The number of hydrogen-bond donors (Lipinski definition) is 2. The summed E-state index contributed by atoms with van der Waals surface area (Å²) in [5.41, 5.74) is 7.26. The maximum Gasteiger partial charge on any atom is 0.126 e. The molecule has 0 radical (unpaired) electrons. The highest BCUT2D eigenvalue weighted by Gasteiger charge is 2.24. The number of pyridine rings is 1. The topological polar surface area (TPSA) is 50.9 Å². The lowest BCUT2D eigenvalue weighted by molar-refractivity contribution is 0.267. The van der Waals surface area contributed by atoms with Gasteiger partial charge in [-0.25, -0.2) is 4.98 Å². The first kappa shape index (κ1) is 14.0. The van der Waals surface area contributed by atoms with Crippen molar-refractivity contribution in [2.45, 2.75) is 46.6 Å². The van der Waals surface area contributed by atoms with Crippen molar-refractivity contribution < 1.29 is 0 Å². The molecule has 0 aromatic carbocycles. The van der Waals surface area contributed by atoms with Crippen molar-refractivity contribution in [3.63, 3.8) is 0 Å². The molecule has 17 heavy (non-hydrogen) atoms. The Morgan fingerprint density at radius 1 is 1.41 bits per heavy atom. The Hall–Kier alpha value is -1.09. The molecule has 1 atom stereocenters. The number of anilines is 1. The molecule has 3 nitrogen and oxygen atoms in total. The van der Waals surface area contributed by atoms with E-state index in [0.29, 0.717) is 11.9 Å². The third-order valence-electron chi connectivity index (χ3n) is 3.04. The summed E-state index contributed by atoms with van der Waals surface area (Å²) in [7, 11) is 0. The summed E-state index contributed by atoms with van der Waals surface area (Å²) in [5, 5.41) is 3.60. The fourth-order valence-electron chi connectivity index (χ4n) is 1.85. The summed E-state index contributed by atoms with van der Waals surface area (Å²) >= 11 is 0. The second-order valence-electron chi connectivity index (χ2n) is 5.62. The van der Waals surface area contributed by atoms with Gasteiger partial charge in [0.1, 0.15) is 5.82 Å². The minimum absolute atomic E-state index is 0.220. The highest BCUT2D eigenvalue weighted by molar-refractivity contribution is 5.39. The summed E-state index contributed by atoms with van der Waals surface area (Å²) in [6.45, 7) is 10.00. The molecule has 0 bridgehead atoms. The van der Waals surface area contributed by atoms with Crippen LogP contribution in [0.2, 0.25) is 0 Å². The van der Waals surface area contributed by atoms with Crippen LogP contribution in [0.1, 0.15) is 39.7 Å². The Morgan fingerprint density at radius 3 is 2.65 bits per heavy atom. The first-order valence-corrected chi connectivity index (χ1v) is 6.38. The van der Waals surface area contributed by atoms with Crippen molar-refractivity contribution >= 4 is 5.82 Å². The van der Waals surface area contributed by atoms with Crippen LogP contribution in [0.3, 0.4) is 0 Å². The zero-order valence-corrected chi connectivity index (χ0v) is 11.5. The van der Waals surface area contributed by atoms with Crippen LogP contribution in [0.15, 0.2) is 18.3 Å². The molecule has 1 heterocycles. The minimum Gasteiger partial charge on any atom is -0.383 e. The van der Waals surface area contributed by atoms with Crippen molar-refractivity contribution in [2.75, 3.05) is 12.3 Å². The molecular weight excluding hydrogens is 210 g/mol. The third-order valence-corrected chi connectivity index (χ3v) is 3.04. The molecule has 3 N–H and O–H groups in total. The summed E-state index contributed by atoms with van der Waals surface area (Å²) in [4.78, 5) is 4.14. The fraction of sp³-hybridized carbons (Fsp3) is 0.643. The molecule has 0 spiro atoms. The number of aromatic nitrogens is 1. The number of nitrogens with one attached hydrogen (secondary N) is 1. The minimum atomic E-state index is 0.220. The zero-order valence-electron chi connectivity index (χ0n) is 11.5. The maximum absolute atomic E-state index is 5.90. The van der Waals surface area contributed by atoms with Crippen LogP contribution in [-0.2, 0) is 6.42 Å². The zero-order chi connectivity index (χ0) is 12.9. The summed E-state index contributed by atoms with van der Waals surface area (Å²) in [5.74, 6) is 0.653. The van der Waals surface area contributed by atoms with Crippen molar-refractivity contribution in [3.05, 3.63) is 23.9 Å². The van der Waals surface area contributed by atoms with E-state index in [1.54, 1.807) is 6.20 Å². The summed E-state index contributed by atoms with van der Waals surface area (Å²) < 4.78 is 0. The van der Waals surface area contributed by atoms with E-state index < -0.39 is 0 Å². The van der Waals surface area contributed by atoms with Gasteiger partial charge in [0.15, 0.2) is 0 Å². The van der Waals surface area contributed by atoms with E-state index >= 15 is 0 Å². The Kier molecular flexibility index (Phi) is 4.94. The molecule has 0 saturated heterocycles. The van der Waals surface area contributed by atoms with E-state index in [2.05, 4.69) is 44.1 Å². The van der Waals surface area contributed by atoms with Gasteiger partial charge in [-0.15, -0.1) is 0 Å². The summed E-state index contributed by atoms with van der Waals surface area (Å²) in [6, 6.07) is 4.44. The molecule has 1 aromatic rings. The fourth-order valence-corrected chi connectivity index (χ4v) is 1.85.